The van der Waals surface area contributed by atoms with Crippen molar-refractivity contribution in [2.75, 3.05) is 40.4 Å². The first kappa shape index (κ1) is 18.6. The Balaban J connectivity index is 1.56. The molecule has 0 atom stereocenters. The van der Waals surface area contributed by atoms with Crippen LogP contribution in [0.1, 0.15) is 11.1 Å². The molecule has 0 aliphatic carbocycles. The van der Waals surface area contributed by atoms with E-state index < -0.39 is 11.6 Å². The molecule has 1 heterocycles. The smallest absolute Gasteiger partial charge is 0.159 e. The largest absolute Gasteiger partial charge is 0.497 e. The molecule has 0 N–H and O–H groups in total. The maximum Gasteiger partial charge on any atom is 0.159 e. The van der Waals surface area contributed by atoms with Gasteiger partial charge in [-0.25, -0.2) is 8.78 Å². The fourth-order valence-electron chi connectivity index (χ4n) is 3.25. The standard InChI is InChI=1S/C20H24F2N2O2/c1-25-17-4-6-20(26-2)16(12-17)14-24-9-7-23(8-10-24)13-15-3-5-18(21)19(22)11-15/h3-6,11-12H,7-10,13-14H2,1-2H3. The van der Waals surface area contributed by atoms with Gasteiger partial charge in [-0.15, -0.1) is 0 Å². The molecule has 0 unspecified atom stereocenters. The second-order valence-electron chi connectivity index (χ2n) is 6.48. The normalized spacial score (nSPS) is 15.8. The summed E-state index contributed by atoms with van der Waals surface area (Å²) in [4.78, 5) is 4.62. The van der Waals surface area contributed by atoms with Crippen LogP contribution in [0, 0.1) is 11.6 Å². The number of piperazine rings is 1. The molecule has 0 radical (unpaired) electrons. The fraction of sp³-hybridized carbons (Fsp3) is 0.400. The third kappa shape index (κ3) is 4.51. The lowest BCUT2D eigenvalue weighted by molar-refractivity contribution is 0.121. The van der Waals surface area contributed by atoms with Crippen LogP contribution in [0.15, 0.2) is 36.4 Å². The van der Waals surface area contributed by atoms with Crippen LogP contribution in [0.4, 0.5) is 8.78 Å². The van der Waals surface area contributed by atoms with Gasteiger partial charge in [0.1, 0.15) is 11.5 Å². The highest BCUT2D eigenvalue weighted by atomic mass is 19.2. The van der Waals surface area contributed by atoms with Crippen LogP contribution in [0.25, 0.3) is 0 Å². The van der Waals surface area contributed by atoms with Crippen LogP contribution in [-0.4, -0.2) is 50.2 Å². The number of benzene rings is 2. The van der Waals surface area contributed by atoms with E-state index in [0.717, 1.165) is 55.3 Å². The molecule has 140 valence electrons. The Hall–Kier alpha value is -2.18. The Morgan fingerprint density at radius 2 is 1.50 bits per heavy atom. The molecule has 2 aromatic carbocycles. The van der Waals surface area contributed by atoms with Crippen LogP contribution in [-0.2, 0) is 13.1 Å². The number of halogens is 2. The average Bonchev–Trinajstić information content (AvgIpc) is 2.66. The zero-order chi connectivity index (χ0) is 18.5. The van der Waals surface area contributed by atoms with Crippen molar-refractivity contribution in [1.82, 2.24) is 9.80 Å². The van der Waals surface area contributed by atoms with E-state index in [1.807, 2.05) is 18.2 Å². The molecule has 1 fully saturated rings. The van der Waals surface area contributed by atoms with Crippen molar-refractivity contribution in [3.8, 4) is 11.5 Å². The first-order valence-corrected chi connectivity index (χ1v) is 8.68. The topological polar surface area (TPSA) is 24.9 Å². The predicted molar refractivity (Wildman–Crippen MR) is 96.5 cm³/mol. The van der Waals surface area contributed by atoms with Crippen LogP contribution in [0.3, 0.4) is 0 Å². The minimum atomic E-state index is -0.800. The molecule has 6 heteroatoms. The summed E-state index contributed by atoms with van der Waals surface area (Å²) in [6.07, 6.45) is 0. The van der Waals surface area contributed by atoms with E-state index >= 15 is 0 Å². The van der Waals surface area contributed by atoms with Crippen molar-refractivity contribution in [3.05, 3.63) is 59.2 Å². The Morgan fingerprint density at radius 3 is 2.12 bits per heavy atom. The molecular weight excluding hydrogens is 338 g/mol. The highest BCUT2D eigenvalue weighted by molar-refractivity contribution is 5.40. The van der Waals surface area contributed by atoms with Gasteiger partial charge >= 0.3 is 0 Å². The van der Waals surface area contributed by atoms with Gasteiger partial charge in [-0.1, -0.05) is 6.07 Å². The van der Waals surface area contributed by atoms with E-state index in [4.69, 9.17) is 9.47 Å². The molecule has 0 spiro atoms. The van der Waals surface area contributed by atoms with E-state index in [2.05, 4.69) is 9.80 Å². The van der Waals surface area contributed by atoms with Crippen molar-refractivity contribution in [2.45, 2.75) is 13.1 Å². The molecule has 4 nitrogen and oxygen atoms in total. The van der Waals surface area contributed by atoms with E-state index in [1.165, 1.54) is 12.1 Å². The molecule has 1 saturated heterocycles. The van der Waals surface area contributed by atoms with Gasteiger partial charge in [-0.2, -0.15) is 0 Å². The highest BCUT2D eigenvalue weighted by Gasteiger charge is 2.19. The molecule has 26 heavy (non-hydrogen) atoms. The quantitative estimate of drug-likeness (QED) is 0.787. The lowest BCUT2D eigenvalue weighted by Gasteiger charge is -2.35. The summed E-state index contributed by atoms with van der Waals surface area (Å²) in [5.41, 5.74) is 1.90. The zero-order valence-corrected chi connectivity index (χ0v) is 15.2. The molecular formula is C20H24F2N2O2. The van der Waals surface area contributed by atoms with Crippen molar-refractivity contribution < 1.29 is 18.3 Å². The second-order valence-corrected chi connectivity index (χ2v) is 6.48. The fourth-order valence-corrected chi connectivity index (χ4v) is 3.25. The molecule has 0 aromatic heterocycles. The predicted octanol–water partition coefficient (Wildman–Crippen LogP) is 3.30. The van der Waals surface area contributed by atoms with Gasteiger partial charge in [0.25, 0.3) is 0 Å². The second kappa shape index (κ2) is 8.47. The van der Waals surface area contributed by atoms with Crippen molar-refractivity contribution in [2.24, 2.45) is 0 Å². The molecule has 0 saturated carbocycles. The van der Waals surface area contributed by atoms with E-state index in [0.29, 0.717) is 6.54 Å². The molecule has 0 amide bonds. The molecule has 2 aromatic rings. The minimum absolute atomic E-state index is 0.632. The monoisotopic (exact) mass is 362 g/mol. The third-order valence-corrected chi connectivity index (χ3v) is 4.74. The van der Waals surface area contributed by atoms with Gasteiger partial charge in [0, 0.05) is 44.8 Å². The highest BCUT2D eigenvalue weighted by Crippen LogP contribution is 2.25. The van der Waals surface area contributed by atoms with Crippen LogP contribution in [0.5, 0.6) is 11.5 Å². The lowest BCUT2D eigenvalue weighted by atomic mass is 10.1. The number of rotatable bonds is 6. The first-order valence-electron chi connectivity index (χ1n) is 8.68. The number of hydrogen-bond donors (Lipinski definition) is 0. The van der Waals surface area contributed by atoms with E-state index in [9.17, 15) is 8.78 Å². The number of ether oxygens (including phenoxy) is 2. The summed E-state index contributed by atoms with van der Waals surface area (Å²) in [6.45, 7) is 5.00. The third-order valence-electron chi connectivity index (χ3n) is 4.74. The van der Waals surface area contributed by atoms with Gasteiger partial charge in [-0.05, 0) is 35.9 Å². The lowest BCUT2D eigenvalue weighted by Crippen LogP contribution is -2.45. The maximum atomic E-state index is 13.3. The maximum absolute atomic E-state index is 13.3. The van der Waals surface area contributed by atoms with Gasteiger partial charge < -0.3 is 9.47 Å². The summed E-state index contributed by atoms with van der Waals surface area (Å²) in [6, 6.07) is 9.94. The molecule has 1 aliphatic rings. The number of methoxy groups -OCH3 is 2. The van der Waals surface area contributed by atoms with Crippen molar-refractivity contribution in [3.63, 3.8) is 0 Å². The summed E-state index contributed by atoms with van der Waals surface area (Å²) in [5.74, 6) is 0.0878. The van der Waals surface area contributed by atoms with E-state index in [-0.39, 0.29) is 0 Å². The first-order chi connectivity index (χ1) is 12.6. The Bertz CT molecular complexity index is 747. The Kier molecular flexibility index (Phi) is 6.06. The average molecular weight is 362 g/mol. The summed E-state index contributed by atoms with van der Waals surface area (Å²) in [7, 11) is 3.33. The minimum Gasteiger partial charge on any atom is -0.497 e. The Morgan fingerprint density at radius 1 is 0.808 bits per heavy atom. The molecule has 1 aliphatic heterocycles. The van der Waals surface area contributed by atoms with Gasteiger partial charge in [0.15, 0.2) is 11.6 Å². The van der Waals surface area contributed by atoms with Gasteiger partial charge in [0.2, 0.25) is 0 Å². The SMILES string of the molecule is COc1ccc(OC)c(CN2CCN(Cc3ccc(F)c(F)c3)CC2)c1. The molecule has 0 bridgehead atoms. The van der Waals surface area contributed by atoms with Crippen molar-refractivity contribution in [1.29, 1.82) is 0 Å². The van der Waals surface area contributed by atoms with Crippen molar-refractivity contribution >= 4 is 0 Å². The summed E-state index contributed by atoms with van der Waals surface area (Å²) < 4.78 is 37.1. The van der Waals surface area contributed by atoms with Gasteiger partial charge in [0.05, 0.1) is 14.2 Å². The number of nitrogens with zero attached hydrogens (tertiary/aromatic N) is 2. The van der Waals surface area contributed by atoms with Crippen LogP contribution < -0.4 is 9.47 Å². The van der Waals surface area contributed by atoms with Crippen LogP contribution in [0.2, 0.25) is 0 Å². The number of hydrogen-bond acceptors (Lipinski definition) is 4. The van der Waals surface area contributed by atoms with Crippen LogP contribution >= 0.6 is 0 Å². The van der Waals surface area contributed by atoms with E-state index in [1.54, 1.807) is 20.3 Å². The zero-order valence-electron chi connectivity index (χ0n) is 15.2. The summed E-state index contributed by atoms with van der Waals surface area (Å²) >= 11 is 0. The Labute approximate surface area is 152 Å². The van der Waals surface area contributed by atoms with Gasteiger partial charge in [-0.3, -0.25) is 9.80 Å². The summed E-state index contributed by atoms with van der Waals surface area (Å²) in [5, 5.41) is 0. The molecule has 3 rings (SSSR count).